The van der Waals surface area contributed by atoms with Gasteiger partial charge in [0, 0.05) is 23.2 Å². The Morgan fingerprint density at radius 3 is 2.82 bits per heavy atom. The summed E-state index contributed by atoms with van der Waals surface area (Å²) in [5, 5.41) is 0.984. The molecule has 3 rings (SSSR count). The molecule has 0 unspecified atom stereocenters. The first-order valence-corrected chi connectivity index (χ1v) is 6.35. The molecule has 2 heterocycles. The number of aromatic nitrogens is 2. The second kappa shape index (κ2) is 3.57. The van der Waals surface area contributed by atoms with E-state index >= 15 is 0 Å². The van der Waals surface area contributed by atoms with Gasteiger partial charge in [-0.15, -0.1) is 0 Å². The molecule has 17 heavy (non-hydrogen) atoms. The minimum absolute atomic E-state index is 0.0185. The maximum Gasteiger partial charge on any atom is 0.265 e. The molecular weight excluding hydrogens is 282 g/mol. The second-order valence-corrected chi connectivity index (χ2v) is 5.32. The van der Waals surface area contributed by atoms with E-state index in [0.29, 0.717) is 16.3 Å². The maximum atomic E-state index is 12.1. The fraction of sp³-hybridized carbons (Fsp3) is 0.333. The Hall–Kier alpha value is -1.36. The third-order valence-corrected chi connectivity index (χ3v) is 3.68. The standard InChI is InChI=1S/C12H12BrN3O/c1-6-8-4-9(13)12(17)16(7-2-3-7)10(8)5-11(14)15-6/h4-5,7H,2-3H2,1H3,(H2,14,15). The highest BCUT2D eigenvalue weighted by Gasteiger charge is 2.27. The largest absolute Gasteiger partial charge is 0.384 e. The van der Waals surface area contributed by atoms with Crippen LogP contribution >= 0.6 is 15.9 Å². The Bertz CT molecular complexity index is 673. The Labute approximate surface area is 107 Å². The molecule has 0 atom stereocenters. The average molecular weight is 294 g/mol. The fourth-order valence-electron chi connectivity index (χ4n) is 2.18. The van der Waals surface area contributed by atoms with Crippen LogP contribution in [0.3, 0.4) is 0 Å². The molecule has 0 aliphatic heterocycles. The lowest BCUT2D eigenvalue weighted by atomic mass is 10.2. The number of pyridine rings is 2. The molecule has 1 fully saturated rings. The van der Waals surface area contributed by atoms with E-state index in [9.17, 15) is 4.79 Å². The molecule has 2 N–H and O–H groups in total. The van der Waals surface area contributed by atoms with Gasteiger partial charge in [-0.2, -0.15) is 0 Å². The van der Waals surface area contributed by atoms with Crippen LogP contribution in [-0.2, 0) is 0 Å². The van der Waals surface area contributed by atoms with Gasteiger partial charge >= 0.3 is 0 Å². The highest BCUT2D eigenvalue weighted by atomic mass is 79.9. The van der Waals surface area contributed by atoms with Gasteiger partial charge < -0.3 is 10.3 Å². The number of aryl methyl sites for hydroxylation is 1. The van der Waals surface area contributed by atoms with Crippen molar-refractivity contribution in [3.05, 3.63) is 32.7 Å². The van der Waals surface area contributed by atoms with Crippen LogP contribution in [0.2, 0.25) is 0 Å². The zero-order valence-corrected chi connectivity index (χ0v) is 11.0. The van der Waals surface area contributed by atoms with Gasteiger partial charge in [-0.05, 0) is 41.8 Å². The summed E-state index contributed by atoms with van der Waals surface area (Å²) >= 11 is 3.32. The van der Waals surface area contributed by atoms with Gasteiger partial charge in [0.2, 0.25) is 0 Å². The van der Waals surface area contributed by atoms with Gasteiger partial charge in [-0.25, -0.2) is 4.98 Å². The number of nitrogens with two attached hydrogens (primary N) is 1. The minimum atomic E-state index is 0.0185. The van der Waals surface area contributed by atoms with Gasteiger partial charge in [0.25, 0.3) is 5.56 Å². The lowest BCUT2D eigenvalue weighted by Crippen LogP contribution is -2.20. The summed E-state index contributed by atoms with van der Waals surface area (Å²) in [5.41, 5.74) is 7.53. The summed E-state index contributed by atoms with van der Waals surface area (Å²) in [7, 11) is 0. The number of hydrogen-bond donors (Lipinski definition) is 1. The topological polar surface area (TPSA) is 60.9 Å². The predicted molar refractivity (Wildman–Crippen MR) is 71.1 cm³/mol. The van der Waals surface area contributed by atoms with Crippen molar-refractivity contribution < 1.29 is 0 Å². The highest BCUT2D eigenvalue weighted by Crippen LogP contribution is 2.37. The van der Waals surface area contributed by atoms with Gasteiger partial charge in [0.05, 0.1) is 9.99 Å². The van der Waals surface area contributed by atoms with Crippen LogP contribution in [0.25, 0.3) is 10.9 Å². The number of nitrogen functional groups attached to an aromatic ring is 1. The molecule has 1 saturated carbocycles. The molecule has 5 heteroatoms. The lowest BCUT2D eigenvalue weighted by Gasteiger charge is -2.12. The normalized spacial score (nSPS) is 15.4. The molecule has 1 aliphatic rings. The molecule has 0 saturated heterocycles. The van der Waals surface area contributed by atoms with Crippen molar-refractivity contribution in [2.45, 2.75) is 25.8 Å². The van der Waals surface area contributed by atoms with Gasteiger partial charge in [-0.3, -0.25) is 4.79 Å². The molecule has 88 valence electrons. The second-order valence-electron chi connectivity index (χ2n) is 4.46. The predicted octanol–water partition coefficient (Wildman–Crippen LogP) is 2.38. The van der Waals surface area contributed by atoms with Crippen molar-refractivity contribution in [2.24, 2.45) is 0 Å². The van der Waals surface area contributed by atoms with Crippen molar-refractivity contribution in [1.29, 1.82) is 0 Å². The summed E-state index contributed by atoms with van der Waals surface area (Å²) in [4.78, 5) is 16.4. The zero-order valence-electron chi connectivity index (χ0n) is 9.40. The van der Waals surface area contributed by atoms with Crippen LogP contribution in [0.4, 0.5) is 5.82 Å². The van der Waals surface area contributed by atoms with Gasteiger partial charge in [0.1, 0.15) is 5.82 Å². The molecule has 2 aromatic rings. The van der Waals surface area contributed by atoms with Crippen LogP contribution in [0, 0.1) is 6.92 Å². The molecule has 0 amide bonds. The van der Waals surface area contributed by atoms with Crippen LogP contribution in [0.5, 0.6) is 0 Å². The molecule has 1 aliphatic carbocycles. The van der Waals surface area contributed by atoms with Crippen LogP contribution < -0.4 is 11.3 Å². The lowest BCUT2D eigenvalue weighted by molar-refractivity contribution is 0.735. The van der Waals surface area contributed by atoms with Crippen molar-refractivity contribution in [3.8, 4) is 0 Å². The van der Waals surface area contributed by atoms with Crippen molar-refractivity contribution in [3.63, 3.8) is 0 Å². The fourth-order valence-corrected chi connectivity index (χ4v) is 2.60. The summed E-state index contributed by atoms with van der Waals surface area (Å²) < 4.78 is 2.43. The molecule has 0 bridgehead atoms. The minimum Gasteiger partial charge on any atom is -0.384 e. The van der Waals surface area contributed by atoms with Gasteiger partial charge in [0.15, 0.2) is 0 Å². The first-order valence-electron chi connectivity index (χ1n) is 5.56. The first kappa shape index (κ1) is 10.8. The van der Waals surface area contributed by atoms with Crippen molar-refractivity contribution in [2.75, 3.05) is 5.73 Å². The van der Waals surface area contributed by atoms with Crippen LogP contribution in [0.15, 0.2) is 21.4 Å². The summed E-state index contributed by atoms with van der Waals surface area (Å²) in [5.74, 6) is 0.464. The first-order chi connectivity index (χ1) is 8.08. The summed E-state index contributed by atoms with van der Waals surface area (Å²) in [6.45, 7) is 1.91. The van der Waals surface area contributed by atoms with E-state index in [1.165, 1.54) is 0 Å². The Kier molecular flexibility index (Phi) is 2.26. The van der Waals surface area contributed by atoms with Crippen molar-refractivity contribution in [1.82, 2.24) is 9.55 Å². The zero-order chi connectivity index (χ0) is 12.2. The van der Waals surface area contributed by atoms with E-state index in [1.807, 2.05) is 17.6 Å². The van der Waals surface area contributed by atoms with Crippen LogP contribution in [-0.4, -0.2) is 9.55 Å². The molecule has 4 nitrogen and oxygen atoms in total. The number of fused-ring (bicyclic) bond motifs is 1. The Balaban J connectivity index is 2.49. The molecular formula is C12H12BrN3O. The third-order valence-electron chi connectivity index (χ3n) is 3.11. The van der Waals surface area contributed by atoms with E-state index in [-0.39, 0.29) is 5.56 Å². The number of halogens is 1. The van der Waals surface area contributed by atoms with Crippen molar-refractivity contribution >= 4 is 32.7 Å². The quantitative estimate of drug-likeness (QED) is 0.878. The molecule has 0 spiro atoms. The Morgan fingerprint density at radius 2 is 2.18 bits per heavy atom. The van der Waals surface area contributed by atoms with Crippen LogP contribution in [0.1, 0.15) is 24.6 Å². The monoisotopic (exact) mass is 293 g/mol. The van der Waals surface area contributed by atoms with E-state index in [1.54, 1.807) is 6.07 Å². The number of nitrogens with zero attached hydrogens (tertiary/aromatic N) is 2. The van der Waals surface area contributed by atoms with E-state index in [4.69, 9.17) is 5.73 Å². The number of hydrogen-bond acceptors (Lipinski definition) is 3. The SMILES string of the molecule is Cc1nc(N)cc2c1cc(Br)c(=O)n2C1CC1. The number of anilines is 1. The van der Waals surface area contributed by atoms with E-state index in [0.717, 1.165) is 29.4 Å². The van der Waals surface area contributed by atoms with E-state index in [2.05, 4.69) is 20.9 Å². The average Bonchev–Trinajstić information content (AvgIpc) is 3.05. The number of rotatable bonds is 1. The maximum absolute atomic E-state index is 12.1. The molecule has 0 radical (unpaired) electrons. The smallest absolute Gasteiger partial charge is 0.265 e. The molecule has 0 aromatic carbocycles. The highest BCUT2D eigenvalue weighted by molar-refractivity contribution is 9.10. The summed E-state index contributed by atoms with van der Waals surface area (Å²) in [6.07, 6.45) is 2.12. The Morgan fingerprint density at radius 1 is 1.47 bits per heavy atom. The van der Waals surface area contributed by atoms with Gasteiger partial charge in [-0.1, -0.05) is 0 Å². The van der Waals surface area contributed by atoms with E-state index < -0.39 is 0 Å². The third kappa shape index (κ3) is 1.65. The summed E-state index contributed by atoms with van der Waals surface area (Å²) in [6, 6.07) is 3.94. The molecule has 2 aromatic heterocycles.